The number of rotatable bonds is 4. The SMILES string of the molecule is Oc1ccccc1CNCc1cccc(Cl)c1F. The van der Waals surface area contributed by atoms with Crippen LogP contribution in [-0.4, -0.2) is 5.11 Å². The predicted molar refractivity (Wildman–Crippen MR) is 70.1 cm³/mol. The van der Waals surface area contributed by atoms with Crippen molar-refractivity contribution >= 4 is 11.6 Å². The van der Waals surface area contributed by atoms with Crippen LogP contribution in [0.2, 0.25) is 5.02 Å². The van der Waals surface area contributed by atoms with Crippen molar-refractivity contribution in [1.29, 1.82) is 0 Å². The molecular formula is C14H13ClFNO. The third-order valence-electron chi connectivity index (χ3n) is 2.65. The van der Waals surface area contributed by atoms with Crippen LogP contribution in [0.25, 0.3) is 0 Å². The Kier molecular flexibility index (Phi) is 4.18. The molecule has 18 heavy (non-hydrogen) atoms. The van der Waals surface area contributed by atoms with Gasteiger partial charge in [-0.25, -0.2) is 4.39 Å². The van der Waals surface area contributed by atoms with Gasteiger partial charge in [0, 0.05) is 24.2 Å². The molecule has 4 heteroatoms. The van der Waals surface area contributed by atoms with Gasteiger partial charge in [0.25, 0.3) is 0 Å². The van der Waals surface area contributed by atoms with Gasteiger partial charge < -0.3 is 10.4 Å². The van der Waals surface area contributed by atoms with Crippen LogP contribution < -0.4 is 5.32 Å². The Balaban J connectivity index is 1.97. The van der Waals surface area contributed by atoms with E-state index in [-0.39, 0.29) is 10.8 Å². The number of hydrogen-bond acceptors (Lipinski definition) is 2. The van der Waals surface area contributed by atoms with Crippen molar-refractivity contribution in [2.45, 2.75) is 13.1 Å². The van der Waals surface area contributed by atoms with E-state index in [4.69, 9.17) is 11.6 Å². The van der Waals surface area contributed by atoms with Gasteiger partial charge in [-0.1, -0.05) is 41.9 Å². The fraction of sp³-hybridized carbons (Fsp3) is 0.143. The van der Waals surface area contributed by atoms with Gasteiger partial charge in [-0.3, -0.25) is 0 Å². The Hall–Kier alpha value is -1.58. The highest BCUT2D eigenvalue weighted by molar-refractivity contribution is 6.30. The Morgan fingerprint density at radius 1 is 1.00 bits per heavy atom. The minimum Gasteiger partial charge on any atom is -0.508 e. The Morgan fingerprint density at radius 3 is 2.44 bits per heavy atom. The summed E-state index contributed by atoms with van der Waals surface area (Å²) in [7, 11) is 0. The number of phenols is 1. The second-order valence-corrected chi connectivity index (χ2v) is 4.35. The van der Waals surface area contributed by atoms with Crippen LogP contribution in [0, 0.1) is 5.82 Å². The highest BCUT2D eigenvalue weighted by Gasteiger charge is 2.06. The van der Waals surface area contributed by atoms with E-state index in [0.717, 1.165) is 5.56 Å². The molecule has 2 aromatic carbocycles. The predicted octanol–water partition coefficient (Wildman–Crippen LogP) is 3.47. The molecule has 2 aromatic rings. The Labute approximate surface area is 110 Å². The molecule has 0 saturated carbocycles. The largest absolute Gasteiger partial charge is 0.508 e. The van der Waals surface area contributed by atoms with Gasteiger partial charge in [0.2, 0.25) is 0 Å². The van der Waals surface area contributed by atoms with Crippen LogP contribution in [-0.2, 0) is 13.1 Å². The van der Waals surface area contributed by atoms with Crippen LogP contribution in [0.15, 0.2) is 42.5 Å². The standard InChI is InChI=1S/C14H13ClFNO/c15-12-6-3-5-11(14(12)16)9-17-8-10-4-1-2-7-13(10)18/h1-7,17-18H,8-9H2. The van der Waals surface area contributed by atoms with Crippen molar-refractivity contribution in [1.82, 2.24) is 5.32 Å². The van der Waals surface area contributed by atoms with Gasteiger partial charge in [0.05, 0.1) is 5.02 Å². The lowest BCUT2D eigenvalue weighted by Gasteiger charge is -2.08. The zero-order chi connectivity index (χ0) is 13.0. The molecule has 0 saturated heterocycles. The maximum Gasteiger partial charge on any atom is 0.146 e. The summed E-state index contributed by atoms with van der Waals surface area (Å²) in [5.41, 5.74) is 1.29. The number of hydrogen-bond donors (Lipinski definition) is 2. The number of aromatic hydroxyl groups is 1. The van der Waals surface area contributed by atoms with E-state index in [1.54, 1.807) is 24.3 Å². The van der Waals surface area contributed by atoms with E-state index < -0.39 is 5.82 Å². The van der Waals surface area contributed by atoms with E-state index in [9.17, 15) is 9.50 Å². The first-order valence-electron chi connectivity index (χ1n) is 5.59. The van der Waals surface area contributed by atoms with Crippen LogP contribution in [0.1, 0.15) is 11.1 Å². The molecule has 0 aliphatic heterocycles. The second-order valence-electron chi connectivity index (χ2n) is 3.95. The molecule has 0 aromatic heterocycles. The summed E-state index contributed by atoms with van der Waals surface area (Å²) in [5.74, 6) is -0.166. The van der Waals surface area contributed by atoms with Crippen LogP contribution in [0.5, 0.6) is 5.75 Å². The highest BCUT2D eigenvalue weighted by atomic mass is 35.5. The van der Waals surface area contributed by atoms with Crippen molar-refractivity contribution in [3.8, 4) is 5.75 Å². The molecule has 0 bridgehead atoms. The van der Waals surface area contributed by atoms with E-state index in [2.05, 4.69) is 5.32 Å². The summed E-state index contributed by atoms with van der Waals surface area (Å²) < 4.78 is 13.6. The molecule has 0 spiro atoms. The molecule has 0 heterocycles. The van der Waals surface area contributed by atoms with Gasteiger partial charge in [0.1, 0.15) is 11.6 Å². The van der Waals surface area contributed by atoms with Gasteiger partial charge in [-0.15, -0.1) is 0 Å². The van der Waals surface area contributed by atoms with Crippen molar-refractivity contribution in [3.63, 3.8) is 0 Å². The molecule has 2 N–H and O–H groups in total. The first-order valence-corrected chi connectivity index (χ1v) is 5.97. The van der Waals surface area contributed by atoms with Crippen LogP contribution in [0.3, 0.4) is 0 Å². The first kappa shape index (κ1) is 12.9. The molecule has 0 unspecified atom stereocenters. The lowest BCUT2D eigenvalue weighted by molar-refractivity contribution is 0.464. The number of halogens is 2. The molecule has 0 aliphatic carbocycles. The maximum atomic E-state index is 13.6. The smallest absolute Gasteiger partial charge is 0.146 e. The number of benzene rings is 2. The Morgan fingerprint density at radius 2 is 1.67 bits per heavy atom. The van der Waals surface area contributed by atoms with Crippen LogP contribution >= 0.6 is 11.6 Å². The fourth-order valence-corrected chi connectivity index (χ4v) is 1.87. The lowest BCUT2D eigenvalue weighted by atomic mass is 10.2. The fourth-order valence-electron chi connectivity index (χ4n) is 1.68. The zero-order valence-electron chi connectivity index (χ0n) is 9.66. The third kappa shape index (κ3) is 3.00. The topological polar surface area (TPSA) is 32.3 Å². The average Bonchev–Trinajstić information content (AvgIpc) is 2.37. The lowest BCUT2D eigenvalue weighted by Crippen LogP contribution is -2.13. The molecule has 0 fully saturated rings. The number of nitrogens with one attached hydrogen (secondary N) is 1. The average molecular weight is 266 g/mol. The van der Waals surface area contributed by atoms with Gasteiger partial charge in [-0.2, -0.15) is 0 Å². The summed E-state index contributed by atoms with van der Waals surface area (Å²) in [6.45, 7) is 0.833. The highest BCUT2D eigenvalue weighted by Crippen LogP contribution is 2.18. The van der Waals surface area contributed by atoms with Gasteiger partial charge in [0.15, 0.2) is 0 Å². The van der Waals surface area contributed by atoms with Crippen molar-refractivity contribution in [2.75, 3.05) is 0 Å². The molecule has 0 radical (unpaired) electrons. The van der Waals surface area contributed by atoms with E-state index in [0.29, 0.717) is 18.7 Å². The summed E-state index contributed by atoms with van der Waals surface area (Å²) >= 11 is 5.69. The summed E-state index contributed by atoms with van der Waals surface area (Å²) in [6, 6.07) is 11.9. The molecule has 0 aliphatic rings. The molecule has 94 valence electrons. The first-order chi connectivity index (χ1) is 8.68. The normalized spacial score (nSPS) is 10.6. The van der Waals surface area contributed by atoms with E-state index in [1.807, 2.05) is 12.1 Å². The molecular weight excluding hydrogens is 253 g/mol. The quantitative estimate of drug-likeness (QED) is 0.887. The molecule has 0 amide bonds. The number of phenolic OH excluding ortho intramolecular Hbond substituents is 1. The molecule has 0 atom stereocenters. The Bertz CT molecular complexity index is 545. The van der Waals surface area contributed by atoms with Crippen molar-refractivity contribution < 1.29 is 9.50 Å². The summed E-state index contributed by atoms with van der Waals surface area (Å²) in [4.78, 5) is 0. The van der Waals surface area contributed by atoms with Crippen molar-refractivity contribution in [3.05, 3.63) is 64.4 Å². The van der Waals surface area contributed by atoms with Gasteiger partial charge >= 0.3 is 0 Å². The summed E-state index contributed by atoms with van der Waals surface area (Å²) in [6.07, 6.45) is 0. The third-order valence-corrected chi connectivity index (χ3v) is 2.95. The molecule has 2 nitrogen and oxygen atoms in total. The maximum absolute atomic E-state index is 13.6. The van der Waals surface area contributed by atoms with Gasteiger partial charge in [-0.05, 0) is 12.1 Å². The minimum absolute atomic E-state index is 0.122. The zero-order valence-corrected chi connectivity index (χ0v) is 10.4. The van der Waals surface area contributed by atoms with E-state index >= 15 is 0 Å². The monoisotopic (exact) mass is 265 g/mol. The second kappa shape index (κ2) is 5.85. The molecule has 2 rings (SSSR count). The minimum atomic E-state index is -0.399. The van der Waals surface area contributed by atoms with Crippen molar-refractivity contribution in [2.24, 2.45) is 0 Å². The van der Waals surface area contributed by atoms with Crippen LogP contribution in [0.4, 0.5) is 4.39 Å². The summed E-state index contributed by atoms with van der Waals surface area (Å²) in [5, 5.41) is 12.8. The number of para-hydroxylation sites is 1. The van der Waals surface area contributed by atoms with E-state index in [1.165, 1.54) is 6.07 Å².